The summed E-state index contributed by atoms with van der Waals surface area (Å²) in [6, 6.07) is 23.7. The van der Waals surface area contributed by atoms with Crippen molar-refractivity contribution in [2.75, 3.05) is 0 Å². The molecule has 0 amide bonds. The summed E-state index contributed by atoms with van der Waals surface area (Å²) in [5.41, 5.74) is 4.17. The van der Waals surface area contributed by atoms with Crippen LogP contribution >= 0.6 is 11.3 Å². The molecule has 0 saturated carbocycles. The van der Waals surface area contributed by atoms with Crippen LogP contribution < -0.4 is 5.56 Å². The zero-order chi connectivity index (χ0) is 25.1. The molecule has 0 unspecified atom stereocenters. The Morgan fingerprint density at radius 3 is 2.47 bits per heavy atom. The molecule has 5 rings (SSSR count). The van der Waals surface area contributed by atoms with Gasteiger partial charge in [-0.05, 0) is 49.2 Å². The molecule has 0 aliphatic carbocycles. The van der Waals surface area contributed by atoms with Gasteiger partial charge in [-0.3, -0.25) is 14.3 Å². The zero-order valence-corrected chi connectivity index (χ0v) is 20.5. The summed E-state index contributed by atoms with van der Waals surface area (Å²) in [5.74, 6) is 0.0825. The van der Waals surface area contributed by atoms with E-state index in [2.05, 4.69) is 4.98 Å². The van der Waals surface area contributed by atoms with E-state index in [0.717, 1.165) is 20.9 Å². The number of aryl methyl sites for hydroxylation is 2. The van der Waals surface area contributed by atoms with Crippen molar-refractivity contribution in [2.45, 2.75) is 26.5 Å². The average molecular weight is 498 g/mol. The van der Waals surface area contributed by atoms with E-state index in [9.17, 15) is 14.3 Å². The fraction of sp³-hybridized carbons (Fsp3) is 0.138. The van der Waals surface area contributed by atoms with Gasteiger partial charge in [-0.15, -0.1) is 11.3 Å². The van der Waals surface area contributed by atoms with E-state index in [1.165, 1.54) is 23.5 Å². The average Bonchev–Trinajstić information content (AvgIpc) is 3.38. The Morgan fingerprint density at radius 1 is 0.944 bits per heavy atom. The van der Waals surface area contributed by atoms with Gasteiger partial charge in [-0.1, -0.05) is 48.5 Å². The lowest BCUT2D eigenvalue weighted by Gasteiger charge is -2.16. The van der Waals surface area contributed by atoms with Gasteiger partial charge >= 0.3 is 0 Å². The van der Waals surface area contributed by atoms with Crippen LogP contribution in [0.15, 0.2) is 89.9 Å². The highest BCUT2D eigenvalue weighted by atomic mass is 32.1. The second kappa shape index (κ2) is 10.4. The Morgan fingerprint density at radius 2 is 1.75 bits per heavy atom. The maximum atomic E-state index is 14.1. The predicted molar refractivity (Wildman–Crippen MR) is 141 cm³/mol. The Balaban J connectivity index is 1.59. The molecule has 0 bridgehead atoms. The maximum absolute atomic E-state index is 14.1. The summed E-state index contributed by atoms with van der Waals surface area (Å²) in [6.45, 7) is 2.12. The second-order valence-corrected chi connectivity index (χ2v) is 9.54. The number of aliphatic hydroxyl groups is 1. The number of aromatic nitrogens is 3. The quantitative estimate of drug-likeness (QED) is 0.305. The van der Waals surface area contributed by atoms with Gasteiger partial charge in [-0.25, -0.2) is 9.37 Å². The van der Waals surface area contributed by atoms with E-state index in [1.807, 2.05) is 55.5 Å². The van der Waals surface area contributed by atoms with Crippen LogP contribution in [-0.4, -0.2) is 19.6 Å². The van der Waals surface area contributed by atoms with Crippen LogP contribution in [0.5, 0.6) is 0 Å². The molecule has 5 nitrogen and oxygen atoms in total. The van der Waals surface area contributed by atoms with E-state index in [-0.39, 0.29) is 18.0 Å². The molecule has 7 heteroatoms. The number of thiophene rings is 1. The molecule has 3 heterocycles. The monoisotopic (exact) mass is 497 g/mol. The molecular weight excluding hydrogens is 473 g/mol. The van der Waals surface area contributed by atoms with Gasteiger partial charge in [-0.2, -0.15) is 0 Å². The summed E-state index contributed by atoms with van der Waals surface area (Å²) < 4.78 is 15.7. The fourth-order valence-corrected chi connectivity index (χ4v) is 5.26. The maximum Gasteiger partial charge on any atom is 0.262 e. The molecule has 180 valence electrons. The van der Waals surface area contributed by atoms with Crippen LogP contribution in [0.25, 0.3) is 32.3 Å². The molecule has 0 fully saturated rings. The van der Waals surface area contributed by atoms with Crippen LogP contribution in [-0.2, 0) is 19.6 Å². The Labute approximate surface area is 212 Å². The van der Waals surface area contributed by atoms with Crippen molar-refractivity contribution in [3.8, 4) is 32.3 Å². The number of hydrogen-bond donors (Lipinski definition) is 1. The minimum Gasteiger partial charge on any atom is -0.390 e. The van der Waals surface area contributed by atoms with Gasteiger partial charge in [0, 0.05) is 33.6 Å². The van der Waals surface area contributed by atoms with Crippen LogP contribution in [0.1, 0.15) is 17.0 Å². The van der Waals surface area contributed by atoms with E-state index in [1.54, 1.807) is 29.0 Å². The number of nitrogens with zero attached hydrogens (tertiary/aromatic N) is 3. The van der Waals surface area contributed by atoms with Crippen LogP contribution in [0.2, 0.25) is 0 Å². The number of benzene rings is 2. The summed E-state index contributed by atoms with van der Waals surface area (Å²) in [4.78, 5) is 24.7. The van der Waals surface area contributed by atoms with Crippen molar-refractivity contribution in [3.05, 3.63) is 118 Å². The van der Waals surface area contributed by atoms with Crippen LogP contribution in [0.3, 0.4) is 0 Å². The van der Waals surface area contributed by atoms with Crippen molar-refractivity contribution in [3.63, 3.8) is 0 Å². The lowest BCUT2D eigenvalue weighted by atomic mass is 10.1. The van der Waals surface area contributed by atoms with E-state index in [4.69, 9.17) is 4.98 Å². The smallest absolute Gasteiger partial charge is 0.262 e. The molecule has 3 aromatic heterocycles. The van der Waals surface area contributed by atoms with Crippen molar-refractivity contribution in [1.29, 1.82) is 0 Å². The zero-order valence-electron chi connectivity index (χ0n) is 19.7. The third kappa shape index (κ3) is 4.89. The van der Waals surface area contributed by atoms with E-state index < -0.39 is 0 Å². The first-order valence-corrected chi connectivity index (χ1v) is 12.4. The van der Waals surface area contributed by atoms with Crippen LogP contribution in [0.4, 0.5) is 4.39 Å². The summed E-state index contributed by atoms with van der Waals surface area (Å²) in [7, 11) is 0. The summed E-state index contributed by atoms with van der Waals surface area (Å²) in [6.07, 6.45) is 2.36. The lowest BCUT2D eigenvalue weighted by molar-refractivity contribution is 0.277. The number of aliphatic hydroxyl groups excluding tert-OH is 1. The lowest BCUT2D eigenvalue weighted by Crippen LogP contribution is -2.26. The molecule has 5 aromatic rings. The topological polar surface area (TPSA) is 68.0 Å². The fourth-order valence-electron chi connectivity index (χ4n) is 4.18. The SMILES string of the molecule is Cc1nc(-c2cccc(F)c2)n(CCc2ccccc2)c(=O)c1-c1ccc(-c2ccc(CO)nc2)s1. The first-order valence-electron chi connectivity index (χ1n) is 11.6. The molecule has 2 aromatic carbocycles. The first-order chi connectivity index (χ1) is 17.5. The highest BCUT2D eigenvalue weighted by molar-refractivity contribution is 7.18. The Bertz CT molecular complexity index is 1560. The molecule has 0 aliphatic rings. The number of pyridine rings is 1. The predicted octanol–water partition coefficient (Wildman–Crippen LogP) is 5.88. The molecule has 0 aliphatic heterocycles. The van der Waals surface area contributed by atoms with Gasteiger partial charge in [0.2, 0.25) is 0 Å². The number of halogens is 1. The van der Waals surface area contributed by atoms with Crippen molar-refractivity contribution < 1.29 is 9.50 Å². The van der Waals surface area contributed by atoms with Crippen molar-refractivity contribution in [1.82, 2.24) is 14.5 Å². The van der Waals surface area contributed by atoms with Crippen molar-refractivity contribution in [2.24, 2.45) is 0 Å². The standard InChI is InChI=1S/C29H24FN3O2S/c1-19-27(26-13-12-25(36-26)22-10-11-24(18-34)31-17-22)29(35)33(15-14-20-6-3-2-4-7-20)28(32-19)21-8-5-9-23(30)16-21/h2-13,16-17,34H,14-15,18H2,1H3. The normalized spacial score (nSPS) is 11.1. The van der Waals surface area contributed by atoms with Gasteiger partial charge in [0.15, 0.2) is 0 Å². The molecule has 0 saturated heterocycles. The molecule has 1 N–H and O–H groups in total. The Kier molecular flexibility index (Phi) is 6.84. The highest BCUT2D eigenvalue weighted by Gasteiger charge is 2.19. The molecule has 0 radical (unpaired) electrons. The van der Waals surface area contributed by atoms with Gasteiger partial charge in [0.05, 0.1) is 23.6 Å². The van der Waals surface area contributed by atoms with Gasteiger partial charge < -0.3 is 5.11 Å². The van der Waals surface area contributed by atoms with E-state index in [0.29, 0.717) is 41.3 Å². The molecule has 0 spiro atoms. The summed E-state index contributed by atoms with van der Waals surface area (Å²) >= 11 is 1.49. The van der Waals surface area contributed by atoms with Gasteiger partial charge in [0.1, 0.15) is 11.6 Å². The van der Waals surface area contributed by atoms with E-state index >= 15 is 0 Å². The van der Waals surface area contributed by atoms with Crippen molar-refractivity contribution >= 4 is 11.3 Å². The first kappa shape index (κ1) is 23.8. The summed E-state index contributed by atoms with van der Waals surface area (Å²) in [5, 5.41) is 9.25. The minimum atomic E-state index is -0.373. The van der Waals surface area contributed by atoms with Gasteiger partial charge in [0.25, 0.3) is 5.56 Å². The largest absolute Gasteiger partial charge is 0.390 e. The third-order valence-corrected chi connectivity index (χ3v) is 7.18. The minimum absolute atomic E-state index is 0.110. The number of rotatable bonds is 7. The number of hydrogen-bond acceptors (Lipinski definition) is 5. The molecule has 36 heavy (non-hydrogen) atoms. The Hall–Kier alpha value is -3.94. The van der Waals surface area contributed by atoms with Crippen LogP contribution in [0, 0.1) is 12.7 Å². The molecule has 0 atom stereocenters. The third-order valence-electron chi connectivity index (χ3n) is 6.02. The second-order valence-electron chi connectivity index (χ2n) is 8.46. The highest BCUT2D eigenvalue weighted by Crippen LogP contribution is 2.34. The molecular formula is C29H24FN3O2S.